The maximum absolute atomic E-state index is 13.1. The standard InChI is InChI=1S/C29H27NO3/c1-33-25-17-15-24(16-18-25)29(32)19-26-27(13-8-14-28(26)31)30(20-22-9-4-2-5-10-22)21-23-11-6-3-7-12-23/h2-18,31H,19-21H2,1H3. The van der Waals surface area contributed by atoms with E-state index in [-0.39, 0.29) is 18.0 Å². The van der Waals surface area contributed by atoms with E-state index in [0.29, 0.717) is 30.0 Å². The molecule has 0 spiro atoms. The summed E-state index contributed by atoms with van der Waals surface area (Å²) in [7, 11) is 1.60. The van der Waals surface area contributed by atoms with Crippen LogP contribution in [0.15, 0.2) is 103 Å². The second-order valence-electron chi connectivity index (χ2n) is 7.93. The number of Topliss-reactive ketones (excluding diaryl/α,β-unsaturated/α-hetero) is 1. The topological polar surface area (TPSA) is 49.8 Å². The van der Waals surface area contributed by atoms with Gasteiger partial charge in [0.1, 0.15) is 11.5 Å². The Kier molecular flexibility index (Phi) is 7.06. The molecule has 0 unspecified atom stereocenters. The lowest BCUT2D eigenvalue weighted by Gasteiger charge is -2.28. The van der Waals surface area contributed by atoms with Crippen molar-refractivity contribution in [1.82, 2.24) is 0 Å². The van der Waals surface area contributed by atoms with Gasteiger partial charge in [-0.15, -0.1) is 0 Å². The molecule has 0 radical (unpaired) electrons. The summed E-state index contributed by atoms with van der Waals surface area (Å²) in [5, 5.41) is 10.8. The first-order chi connectivity index (χ1) is 16.1. The lowest BCUT2D eigenvalue weighted by atomic mass is 9.99. The lowest BCUT2D eigenvalue weighted by Crippen LogP contribution is -2.24. The molecule has 0 aromatic heterocycles. The zero-order valence-corrected chi connectivity index (χ0v) is 18.6. The third-order valence-electron chi connectivity index (χ3n) is 5.65. The van der Waals surface area contributed by atoms with E-state index in [1.54, 1.807) is 37.4 Å². The number of carbonyl (C=O) groups excluding carboxylic acids is 1. The summed E-state index contributed by atoms with van der Waals surface area (Å²) >= 11 is 0. The van der Waals surface area contributed by atoms with E-state index >= 15 is 0 Å². The van der Waals surface area contributed by atoms with E-state index in [0.717, 1.165) is 16.8 Å². The fourth-order valence-electron chi connectivity index (χ4n) is 3.91. The molecule has 166 valence electrons. The molecular weight excluding hydrogens is 410 g/mol. The maximum Gasteiger partial charge on any atom is 0.167 e. The number of benzene rings is 4. The Morgan fingerprint density at radius 1 is 0.758 bits per heavy atom. The van der Waals surface area contributed by atoms with E-state index in [1.165, 1.54) is 0 Å². The Hall–Kier alpha value is -4.05. The van der Waals surface area contributed by atoms with Crippen molar-refractivity contribution in [1.29, 1.82) is 0 Å². The summed E-state index contributed by atoms with van der Waals surface area (Å²) in [6, 6.07) is 32.9. The molecule has 4 aromatic carbocycles. The second kappa shape index (κ2) is 10.5. The maximum atomic E-state index is 13.1. The van der Waals surface area contributed by atoms with Crippen LogP contribution in [0.25, 0.3) is 0 Å². The summed E-state index contributed by atoms with van der Waals surface area (Å²) in [6.07, 6.45) is 0.106. The average Bonchev–Trinajstić information content (AvgIpc) is 2.86. The number of hydrogen-bond acceptors (Lipinski definition) is 4. The van der Waals surface area contributed by atoms with Crippen molar-refractivity contribution in [3.05, 3.63) is 125 Å². The van der Waals surface area contributed by atoms with Gasteiger partial charge in [-0.25, -0.2) is 0 Å². The van der Waals surface area contributed by atoms with Crippen LogP contribution in [0.5, 0.6) is 11.5 Å². The van der Waals surface area contributed by atoms with Gasteiger partial charge in [0.15, 0.2) is 5.78 Å². The van der Waals surface area contributed by atoms with Gasteiger partial charge in [0, 0.05) is 36.3 Å². The fraction of sp³-hybridized carbons (Fsp3) is 0.138. The van der Waals surface area contributed by atoms with E-state index in [4.69, 9.17) is 4.74 Å². The first kappa shape index (κ1) is 22.2. The zero-order valence-electron chi connectivity index (χ0n) is 18.6. The van der Waals surface area contributed by atoms with E-state index in [1.807, 2.05) is 48.5 Å². The number of ether oxygens (including phenoxy) is 1. The highest BCUT2D eigenvalue weighted by atomic mass is 16.5. The predicted octanol–water partition coefficient (Wildman–Crippen LogP) is 6.03. The Morgan fingerprint density at radius 3 is 1.88 bits per heavy atom. The molecule has 1 N–H and O–H groups in total. The summed E-state index contributed by atoms with van der Waals surface area (Å²) in [5.41, 5.74) is 4.38. The minimum Gasteiger partial charge on any atom is -0.508 e. The summed E-state index contributed by atoms with van der Waals surface area (Å²) in [4.78, 5) is 15.3. The molecule has 33 heavy (non-hydrogen) atoms. The minimum absolute atomic E-state index is 0.0558. The van der Waals surface area contributed by atoms with Crippen LogP contribution < -0.4 is 9.64 Å². The number of aromatic hydroxyl groups is 1. The number of ketones is 1. The molecule has 0 amide bonds. The van der Waals surface area contributed by atoms with Crippen molar-refractivity contribution in [2.24, 2.45) is 0 Å². The molecule has 4 heteroatoms. The normalized spacial score (nSPS) is 10.6. The molecule has 0 saturated carbocycles. The third-order valence-corrected chi connectivity index (χ3v) is 5.65. The largest absolute Gasteiger partial charge is 0.508 e. The number of rotatable bonds is 9. The smallest absolute Gasteiger partial charge is 0.167 e. The Bertz CT molecular complexity index is 1150. The predicted molar refractivity (Wildman–Crippen MR) is 132 cm³/mol. The van der Waals surface area contributed by atoms with Gasteiger partial charge in [-0.1, -0.05) is 66.7 Å². The van der Waals surface area contributed by atoms with Gasteiger partial charge >= 0.3 is 0 Å². The molecule has 4 nitrogen and oxygen atoms in total. The quantitative estimate of drug-likeness (QED) is 0.325. The Morgan fingerprint density at radius 2 is 1.33 bits per heavy atom. The van der Waals surface area contributed by atoms with Crippen LogP contribution in [0.4, 0.5) is 5.69 Å². The van der Waals surface area contributed by atoms with Crippen LogP contribution >= 0.6 is 0 Å². The molecule has 4 rings (SSSR count). The molecule has 0 saturated heterocycles. The van der Waals surface area contributed by atoms with E-state index in [9.17, 15) is 9.90 Å². The van der Waals surface area contributed by atoms with Crippen LogP contribution in [0.3, 0.4) is 0 Å². The van der Waals surface area contributed by atoms with Gasteiger partial charge in [0.2, 0.25) is 0 Å². The van der Waals surface area contributed by atoms with Gasteiger partial charge in [0.25, 0.3) is 0 Å². The monoisotopic (exact) mass is 437 g/mol. The number of hydrogen-bond donors (Lipinski definition) is 1. The number of phenolic OH excluding ortho intramolecular Hbond substituents is 1. The van der Waals surface area contributed by atoms with Crippen molar-refractivity contribution in [2.75, 3.05) is 12.0 Å². The SMILES string of the molecule is COc1ccc(C(=O)Cc2c(O)cccc2N(Cc2ccccc2)Cc2ccccc2)cc1. The van der Waals surface area contributed by atoms with Crippen molar-refractivity contribution >= 4 is 11.5 Å². The number of phenols is 1. The molecule has 0 aliphatic heterocycles. The summed E-state index contributed by atoms with van der Waals surface area (Å²) < 4.78 is 5.19. The number of anilines is 1. The minimum atomic E-state index is -0.0558. The lowest BCUT2D eigenvalue weighted by molar-refractivity contribution is 0.0992. The fourth-order valence-corrected chi connectivity index (χ4v) is 3.91. The average molecular weight is 438 g/mol. The van der Waals surface area contributed by atoms with Crippen LogP contribution in [0.2, 0.25) is 0 Å². The Balaban J connectivity index is 1.67. The van der Waals surface area contributed by atoms with Crippen molar-refractivity contribution in [2.45, 2.75) is 19.5 Å². The summed E-state index contributed by atoms with van der Waals surface area (Å²) in [6.45, 7) is 1.31. The van der Waals surface area contributed by atoms with Crippen LogP contribution in [0.1, 0.15) is 27.0 Å². The van der Waals surface area contributed by atoms with Crippen LogP contribution in [-0.4, -0.2) is 18.0 Å². The summed E-state index contributed by atoms with van der Waals surface area (Å²) in [5.74, 6) is 0.770. The molecule has 0 bridgehead atoms. The van der Waals surface area contributed by atoms with Gasteiger partial charge < -0.3 is 14.7 Å². The van der Waals surface area contributed by atoms with E-state index < -0.39 is 0 Å². The molecular formula is C29H27NO3. The molecule has 4 aromatic rings. The number of methoxy groups -OCH3 is 1. The van der Waals surface area contributed by atoms with Crippen molar-refractivity contribution in [3.8, 4) is 11.5 Å². The van der Waals surface area contributed by atoms with Gasteiger partial charge in [-0.05, 0) is 47.5 Å². The number of nitrogens with zero attached hydrogens (tertiary/aromatic N) is 1. The molecule has 0 aliphatic rings. The zero-order chi connectivity index (χ0) is 23.0. The van der Waals surface area contributed by atoms with Crippen molar-refractivity contribution in [3.63, 3.8) is 0 Å². The molecule has 0 aliphatic carbocycles. The first-order valence-corrected chi connectivity index (χ1v) is 10.9. The highest BCUT2D eigenvalue weighted by molar-refractivity contribution is 5.98. The van der Waals surface area contributed by atoms with Gasteiger partial charge in [-0.2, -0.15) is 0 Å². The highest BCUT2D eigenvalue weighted by Gasteiger charge is 2.19. The number of carbonyl (C=O) groups is 1. The van der Waals surface area contributed by atoms with E-state index in [2.05, 4.69) is 29.2 Å². The van der Waals surface area contributed by atoms with Crippen LogP contribution in [0, 0.1) is 0 Å². The second-order valence-corrected chi connectivity index (χ2v) is 7.93. The van der Waals surface area contributed by atoms with Gasteiger partial charge in [-0.3, -0.25) is 4.79 Å². The first-order valence-electron chi connectivity index (χ1n) is 10.9. The van der Waals surface area contributed by atoms with Crippen molar-refractivity contribution < 1.29 is 14.6 Å². The molecule has 0 fully saturated rings. The van der Waals surface area contributed by atoms with Gasteiger partial charge in [0.05, 0.1) is 7.11 Å². The third kappa shape index (κ3) is 5.60. The molecule has 0 heterocycles. The van der Waals surface area contributed by atoms with Crippen LogP contribution in [-0.2, 0) is 19.5 Å². The highest BCUT2D eigenvalue weighted by Crippen LogP contribution is 2.32. The Labute approximate surface area is 194 Å². The molecule has 0 atom stereocenters.